The molecule has 0 bridgehead atoms. The highest BCUT2D eigenvalue weighted by Gasteiger charge is 2.49. The lowest BCUT2D eigenvalue weighted by Gasteiger charge is -2.23. The molecule has 7 heteroatoms. The number of hydrogen-bond acceptors (Lipinski definition) is 2. The number of rotatable bonds is 3. The van der Waals surface area contributed by atoms with Gasteiger partial charge in [-0.15, -0.1) is 0 Å². The molecular weight excluding hydrogens is 345 g/mol. The van der Waals surface area contributed by atoms with Crippen molar-refractivity contribution < 1.29 is 22.8 Å². The maximum Gasteiger partial charge on any atom is 0.416 e. The summed E-state index contributed by atoms with van der Waals surface area (Å²) in [6, 6.07) is 11.3. The Labute approximate surface area is 148 Å². The molecule has 4 nitrogen and oxygen atoms in total. The largest absolute Gasteiger partial charge is 0.416 e. The molecule has 3 rings (SSSR count). The number of imide groups is 1. The van der Waals surface area contributed by atoms with E-state index in [4.69, 9.17) is 0 Å². The summed E-state index contributed by atoms with van der Waals surface area (Å²) in [4.78, 5) is 26.0. The maximum absolute atomic E-state index is 13.2. The molecule has 1 N–H and O–H groups in total. The van der Waals surface area contributed by atoms with E-state index in [1.54, 1.807) is 19.1 Å². The topological polar surface area (TPSA) is 49.4 Å². The van der Waals surface area contributed by atoms with Crippen LogP contribution in [0, 0.1) is 6.92 Å². The number of aryl methyl sites for hydroxylation is 1. The van der Waals surface area contributed by atoms with Gasteiger partial charge in [-0.3, -0.25) is 9.69 Å². The van der Waals surface area contributed by atoms with Gasteiger partial charge in [0.1, 0.15) is 5.54 Å². The summed E-state index contributed by atoms with van der Waals surface area (Å²) >= 11 is 0. The van der Waals surface area contributed by atoms with Gasteiger partial charge in [0.15, 0.2) is 0 Å². The lowest BCUT2D eigenvalue weighted by atomic mass is 9.91. The van der Waals surface area contributed by atoms with Crippen LogP contribution in [-0.4, -0.2) is 16.8 Å². The van der Waals surface area contributed by atoms with Crippen molar-refractivity contribution >= 4 is 11.9 Å². The van der Waals surface area contributed by atoms with Crippen molar-refractivity contribution in [3.05, 3.63) is 70.8 Å². The summed E-state index contributed by atoms with van der Waals surface area (Å²) in [5, 5.41) is 2.60. The molecule has 2 aromatic carbocycles. The van der Waals surface area contributed by atoms with Crippen LogP contribution in [0.3, 0.4) is 0 Å². The first-order valence-electron chi connectivity index (χ1n) is 7.99. The third kappa shape index (κ3) is 3.05. The van der Waals surface area contributed by atoms with Crippen molar-refractivity contribution in [2.75, 3.05) is 0 Å². The van der Waals surface area contributed by atoms with Crippen LogP contribution >= 0.6 is 0 Å². The van der Waals surface area contributed by atoms with Crippen LogP contribution in [0.1, 0.15) is 29.2 Å². The Morgan fingerprint density at radius 1 is 1.04 bits per heavy atom. The molecule has 1 saturated heterocycles. The predicted molar refractivity (Wildman–Crippen MR) is 89.1 cm³/mol. The standard InChI is InChI=1S/C19H17F3N2O2/c1-12-7-9-14(10-8-12)18(2)16(25)24(17(26)23-18)11-13-5-3-4-6-15(13)19(20,21)22/h3-10H,11H2,1-2H3,(H,23,26)/t18-/m1/s1. The average Bonchev–Trinajstić information content (AvgIpc) is 2.79. The quantitative estimate of drug-likeness (QED) is 0.840. The van der Waals surface area contributed by atoms with Crippen molar-refractivity contribution in [3.8, 4) is 0 Å². The minimum absolute atomic E-state index is 0.128. The summed E-state index contributed by atoms with van der Waals surface area (Å²) in [5.74, 6) is -0.580. The molecule has 1 aliphatic heterocycles. The van der Waals surface area contributed by atoms with Gasteiger partial charge < -0.3 is 5.32 Å². The van der Waals surface area contributed by atoms with Crippen LogP contribution in [-0.2, 0) is 23.1 Å². The minimum Gasteiger partial charge on any atom is -0.319 e. The van der Waals surface area contributed by atoms with Gasteiger partial charge in [0.05, 0.1) is 12.1 Å². The van der Waals surface area contributed by atoms with Crippen molar-refractivity contribution in [3.63, 3.8) is 0 Å². The number of carbonyl (C=O) groups excluding carboxylic acids is 2. The Hall–Kier alpha value is -2.83. The highest BCUT2D eigenvalue weighted by molar-refractivity contribution is 6.07. The Bertz CT molecular complexity index is 862. The van der Waals surface area contributed by atoms with Crippen LogP contribution in [0.4, 0.5) is 18.0 Å². The lowest BCUT2D eigenvalue weighted by molar-refractivity contribution is -0.139. The zero-order valence-corrected chi connectivity index (χ0v) is 14.2. The Morgan fingerprint density at radius 2 is 1.65 bits per heavy atom. The highest BCUT2D eigenvalue weighted by atomic mass is 19.4. The Morgan fingerprint density at radius 3 is 2.27 bits per heavy atom. The molecule has 1 aliphatic rings. The van der Waals surface area contributed by atoms with Crippen molar-refractivity contribution in [2.24, 2.45) is 0 Å². The maximum atomic E-state index is 13.2. The first kappa shape index (κ1) is 18.0. The number of halogens is 3. The van der Waals surface area contributed by atoms with E-state index in [2.05, 4.69) is 5.32 Å². The summed E-state index contributed by atoms with van der Waals surface area (Å²) in [6.07, 6.45) is -4.56. The molecule has 1 atom stereocenters. The molecule has 1 fully saturated rings. The van der Waals surface area contributed by atoms with Gasteiger partial charge in [-0.25, -0.2) is 4.79 Å². The van der Waals surface area contributed by atoms with Gasteiger partial charge in [0.25, 0.3) is 5.91 Å². The molecule has 136 valence electrons. The molecule has 0 aliphatic carbocycles. The van der Waals surface area contributed by atoms with E-state index >= 15 is 0 Å². The van der Waals surface area contributed by atoms with E-state index < -0.39 is 35.8 Å². The number of carbonyl (C=O) groups is 2. The predicted octanol–water partition coefficient (Wildman–Crippen LogP) is 3.98. The fraction of sp³-hybridized carbons (Fsp3) is 0.263. The SMILES string of the molecule is Cc1ccc([C@@]2(C)NC(=O)N(Cc3ccccc3C(F)(F)F)C2=O)cc1. The van der Waals surface area contributed by atoms with Gasteiger partial charge in [0.2, 0.25) is 0 Å². The number of urea groups is 1. The molecule has 0 radical (unpaired) electrons. The van der Waals surface area contributed by atoms with Gasteiger partial charge in [-0.05, 0) is 31.0 Å². The van der Waals surface area contributed by atoms with Crippen molar-refractivity contribution in [1.82, 2.24) is 10.2 Å². The van der Waals surface area contributed by atoms with Gasteiger partial charge >= 0.3 is 12.2 Å². The second kappa shape index (κ2) is 6.16. The molecule has 3 amide bonds. The van der Waals surface area contributed by atoms with Crippen LogP contribution < -0.4 is 5.32 Å². The molecule has 1 heterocycles. The second-order valence-corrected chi connectivity index (χ2v) is 6.47. The number of nitrogens with one attached hydrogen (secondary N) is 1. The van der Waals surface area contributed by atoms with Crippen LogP contribution in [0.5, 0.6) is 0 Å². The molecule has 0 spiro atoms. The highest BCUT2D eigenvalue weighted by Crippen LogP contribution is 2.34. The number of benzene rings is 2. The van der Waals surface area contributed by atoms with Crippen molar-refractivity contribution in [1.29, 1.82) is 0 Å². The third-order valence-corrected chi connectivity index (χ3v) is 4.56. The van der Waals surface area contributed by atoms with E-state index in [1.165, 1.54) is 18.2 Å². The summed E-state index contributed by atoms with van der Waals surface area (Å²) in [5.41, 5.74) is -0.725. The second-order valence-electron chi connectivity index (χ2n) is 6.47. The first-order chi connectivity index (χ1) is 12.1. The van der Waals surface area contributed by atoms with Crippen LogP contribution in [0.25, 0.3) is 0 Å². The van der Waals surface area contributed by atoms with E-state index in [-0.39, 0.29) is 5.56 Å². The molecule has 2 aromatic rings. The summed E-state index contributed by atoms with van der Waals surface area (Å²) in [7, 11) is 0. The Kier molecular flexibility index (Phi) is 4.26. The van der Waals surface area contributed by atoms with Gasteiger partial charge in [0, 0.05) is 0 Å². The third-order valence-electron chi connectivity index (χ3n) is 4.56. The monoisotopic (exact) mass is 362 g/mol. The first-order valence-corrected chi connectivity index (χ1v) is 7.99. The zero-order chi connectivity index (χ0) is 19.1. The summed E-state index contributed by atoms with van der Waals surface area (Å²) in [6.45, 7) is 3.00. The number of amides is 3. The van der Waals surface area contributed by atoms with Gasteiger partial charge in [-0.1, -0.05) is 48.0 Å². The van der Waals surface area contributed by atoms with Crippen LogP contribution in [0.15, 0.2) is 48.5 Å². The smallest absolute Gasteiger partial charge is 0.319 e. The fourth-order valence-electron chi connectivity index (χ4n) is 3.03. The summed E-state index contributed by atoms with van der Waals surface area (Å²) < 4.78 is 39.5. The normalized spacial score (nSPS) is 20.4. The van der Waals surface area contributed by atoms with E-state index in [0.29, 0.717) is 5.56 Å². The minimum atomic E-state index is -4.56. The molecular formula is C19H17F3N2O2. The number of alkyl halides is 3. The van der Waals surface area contributed by atoms with Crippen molar-refractivity contribution in [2.45, 2.75) is 32.1 Å². The molecule has 0 unspecified atom stereocenters. The average molecular weight is 362 g/mol. The van der Waals surface area contributed by atoms with E-state index in [1.807, 2.05) is 19.1 Å². The fourth-order valence-corrected chi connectivity index (χ4v) is 3.03. The van der Waals surface area contributed by atoms with Gasteiger partial charge in [-0.2, -0.15) is 13.2 Å². The van der Waals surface area contributed by atoms with E-state index in [0.717, 1.165) is 16.5 Å². The molecule has 0 saturated carbocycles. The van der Waals surface area contributed by atoms with E-state index in [9.17, 15) is 22.8 Å². The number of hydrogen-bond donors (Lipinski definition) is 1. The molecule has 26 heavy (non-hydrogen) atoms. The van der Waals surface area contributed by atoms with Crippen LogP contribution in [0.2, 0.25) is 0 Å². The zero-order valence-electron chi connectivity index (χ0n) is 14.2. The number of nitrogens with zero attached hydrogens (tertiary/aromatic N) is 1. The Balaban J connectivity index is 1.93. The molecule has 0 aromatic heterocycles. The lowest BCUT2D eigenvalue weighted by Crippen LogP contribution is -2.40.